The van der Waals surface area contributed by atoms with Crippen LogP contribution in [-0.2, 0) is 5.41 Å². The molecule has 7 aromatic rings. The van der Waals surface area contributed by atoms with Crippen molar-refractivity contribution in [1.29, 1.82) is 0 Å². The molecule has 1 aliphatic rings. The van der Waals surface area contributed by atoms with Gasteiger partial charge in [-0.05, 0) is 55.9 Å². The lowest BCUT2D eigenvalue weighted by Gasteiger charge is -2.23. The molecule has 0 radical (unpaired) electrons. The van der Waals surface area contributed by atoms with E-state index in [2.05, 4.69) is 135 Å². The maximum Gasteiger partial charge on any atom is 0.160 e. The highest BCUT2D eigenvalue weighted by molar-refractivity contribution is 6.12. The van der Waals surface area contributed by atoms with Gasteiger partial charge in [-0.15, -0.1) is 0 Å². The van der Waals surface area contributed by atoms with Crippen molar-refractivity contribution in [1.82, 2.24) is 9.97 Å². The van der Waals surface area contributed by atoms with Crippen LogP contribution in [0.15, 0.2) is 121 Å². The van der Waals surface area contributed by atoms with Crippen LogP contribution in [0.3, 0.4) is 0 Å². The van der Waals surface area contributed by atoms with E-state index in [9.17, 15) is 0 Å². The Morgan fingerprint density at radius 1 is 0.538 bits per heavy atom. The molecule has 0 saturated heterocycles. The predicted octanol–water partition coefficient (Wildman–Crippen LogP) is 9.58. The van der Waals surface area contributed by atoms with E-state index in [1.54, 1.807) is 0 Å². The summed E-state index contributed by atoms with van der Waals surface area (Å²) in [4.78, 5) is 10.4. The fraction of sp³-hybridized carbons (Fsp3) is 0.0811. The molecule has 2 heteroatoms. The van der Waals surface area contributed by atoms with Crippen molar-refractivity contribution in [3.05, 3.63) is 132 Å². The van der Waals surface area contributed by atoms with E-state index in [0.29, 0.717) is 0 Å². The highest BCUT2D eigenvalue weighted by Gasteiger charge is 2.36. The van der Waals surface area contributed by atoms with Crippen LogP contribution in [0.5, 0.6) is 0 Å². The number of aromatic nitrogens is 2. The van der Waals surface area contributed by atoms with Crippen LogP contribution in [0.1, 0.15) is 25.0 Å². The fourth-order valence-corrected chi connectivity index (χ4v) is 6.59. The van der Waals surface area contributed by atoms with Gasteiger partial charge < -0.3 is 0 Å². The zero-order valence-electron chi connectivity index (χ0n) is 21.9. The van der Waals surface area contributed by atoms with E-state index >= 15 is 0 Å². The summed E-state index contributed by atoms with van der Waals surface area (Å²) in [7, 11) is 0. The molecule has 0 atom stereocenters. The van der Waals surface area contributed by atoms with E-state index in [1.807, 2.05) is 0 Å². The first-order valence-electron chi connectivity index (χ1n) is 13.5. The van der Waals surface area contributed by atoms with Gasteiger partial charge in [0, 0.05) is 21.9 Å². The van der Waals surface area contributed by atoms with Crippen molar-refractivity contribution >= 4 is 32.4 Å². The number of fused-ring (bicyclic) bond motifs is 8. The third-order valence-electron chi connectivity index (χ3n) is 8.43. The monoisotopic (exact) mass is 498 g/mol. The van der Waals surface area contributed by atoms with Crippen LogP contribution in [0.4, 0.5) is 0 Å². The van der Waals surface area contributed by atoms with E-state index in [0.717, 1.165) is 33.5 Å². The van der Waals surface area contributed by atoms with E-state index in [4.69, 9.17) is 9.97 Å². The van der Waals surface area contributed by atoms with Crippen molar-refractivity contribution in [2.45, 2.75) is 19.3 Å². The number of hydrogen-bond acceptors (Lipinski definition) is 2. The molecule has 1 aromatic heterocycles. The van der Waals surface area contributed by atoms with Gasteiger partial charge in [0.1, 0.15) is 0 Å². The van der Waals surface area contributed by atoms with Crippen molar-refractivity contribution in [3.63, 3.8) is 0 Å². The average molecular weight is 499 g/mol. The molecule has 0 aliphatic heterocycles. The first-order chi connectivity index (χ1) is 19.1. The third-order valence-corrected chi connectivity index (χ3v) is 8.43. The molecule has 0 fully saturated rings. The van der Waals surface area contributed by atoms with Gasteiger partial charge in [-0.25, -0.2) is 9.97 Å². The molecule has 8 rings (SSSR count). The van der Waals surface area contributed by atoms with Gasteiger partial charge >= 0.3 is 0 Å². The molecule has 0 bridgehead atoms. The number of benzene rings is 6. The van der Waals surface area contributed by atoms with Crippen molar-refractivity contribution in [2.75, 3.05) is 0 Å². The summed E-state index contributed by atoms with van der Waals surface area (Å²) in [5.74, 6) is 0.754. The smallest absolute Gasteiger partial charge is 0.160 e. The van der Waals surface area contributed by atoms with Gasteiger partial charge in [0.05, 0.1) is 11.2 Å². The number of nitrogens with zero attached hydrogens (tertiary/aromatic N) is 2. The molecule has 1 heterocycles. The first kappa shape index (κ1) is 22.2. The second kappa shape index (κ2) is 8.09. The summed E-state index contributed by atoms with van der Waals surface area (Å²) in [5, 5.41) is 5.99. The van der Waals surface area contributed by atoms with E-state index in [-0.39, 0.29) is 5.41 Å². The van der Waals surface area contributed by atoms with Gasteiger partial charge in [0.25, 0.3) is 0 Å². The predicted molar refractivity (Wildman–Crippen MR) is 163 cm³/mol. The third kappa shape index (κ3) is 3.21. The van der Waals surface area contributed by atoms with Gasteiger partial charge in [-0.1, -0.05) is 123 Å². The standard InChI is InChI=1S/C37H26N2/c1-37(2)31-15-9-8-14-28(31)29-20-18-24-16-17-26(22-30(24)34(29)37)36-38-32-21-19-23-10-6-7-13-27(23)33(32)35(39-36)25-11-4-3-5-12-25/h3-22H,1-2H3. The quantitative estimate of drug-likeness (QED) is 0.222. The van der Waals surface area contributed by atoms with Crippen LogP contribution in [-0.4, -0.2) is 9.97 Å². The summed E-state index contributed by atoms with van der Waals surface area (Å²) in [6.07, 6.45) is 0. The normalized spacial score (nSPS) is 13.6. The maximum absolute atomic E-state index is 5.26. The lowest BCUT2D eigenvalue weighted by molar-refractivity contribution is 0.666. The minimum absolute atomic E-state index is 0.0809. The SMILES string of the molecule is CC1(C)c2ccccc2-c2ccc3ccc(-c4nc(-c5ccccc5)c5c(ccc6ccccc65)n4)cc3c21. The number of hydrogen-bond donors (Lipinski definition) is 0. The zero-order valence-corrected chi connectivity index (χ0v) is 21.9. The summed E-state index contributed by atoms with van der Waals surface area (Å²) in [6, 6.07) is 43.3. The summed E-state index contributed by atoms with van der Waals surface area (Å²) < 4.78 is 0. The highest BCUT2D eigenvalue weighted by atomic mass is 14.9. The molecular weight excluding hydrogens is 472 g/mol. The van der Waals surface area contributed by atoms with Gasteiger partial charge in [0.2, 0.25) is 0 Å². The van der Waals surface area contributed by atoms with Crippen LogP contribution >= 0.6 is 0 Å². The Hall–Kier alpha value is -4.82. The molecule has 39 heavy (non-hydrogen) atoms. The van der Waals surface area contributed by atoms with Gasteiger partial charge in [0.15, 0.2) is 5.82 Å². The minimum atomic E-state index is -0.0809. The second-order valence-electron chi connectivity index (χ2n) is 11.0. The topological polar surface area (TPSA) is 25.8 Å². The van der Waals surface area contributed by atoms with Gasteiger partial charge in [-0.3, -0.25) is 0 Å². The molecule has 2 nitrogen and oxygen atoms in total. The lowest BCUT2D eigenvalue weighted by atomic mass is 9.80. The summed E-state index contributed by atoms with van der Waals surface area (Å²) >= 11 is 0. The van der Waals surface area contributed by atoms with Crippen LogP contribution < -0.4 is 0 Å². The van der Waals surface area contributed by atoms with Crippen LogP contribution in [0.25, 0.3) is 66.2 Å². The Bertz CT molecular complexity index is 2090. The molecule has 0 amide bonds. The zero-order chi connectivity index (χ0) is 26.1. The lowest BCUT2D eigenvalue weighted by Crippen LogP contribution is -2.15. The van der Waals surface area contributed by atoms with Gasteiger partial charge in [-0.2, -0.15) is 0 Å². The molecular formula is C37H26N2. The largest absolute Gasteiger partial charge is 0.228 e. The molecule has 0 unspecified atom stereocenters. The van der Waals surface area contributed by atoms with Crippen molar-refractivity contribution < 1.29 is 0 Å². The fourth-order valence-electron chi connectivity index (χ4n) is 6.59. The average Bonchev–Trinajstić information content (AvgIpc) is 3.23. The van der Waals surface area contributed by atoms with E-state index in [1.165, 1.54) is 43.8 Å². The molecule has 184 valence electrons. The van der Waals surface area contributed by atoms with Crippen LogP contribution in [0.2, 0.25) is 0 Å². The Kier molecular flexibility index (Phi) is 4.60. The first-order valence-corrected chi connectivity index (χ1v) is 13.5. The molecule has 1 aliphatic carbocycles. The molecule has 0 N–H and O–H groups in total. The molecule has 6 aromatic carbocycles. The highest BCUT2D eigenvalue weighted by Crippen LogP contribution is 2.51. The van der Waals surface area contributed by atoms with Crippen molar-refractivity contribution in [2.24, 2.45) is 0 Å². The maximum atomic E-state index is 5.26. The summed E-state index contributed by atoms with van der Waals surface area (Å²) in [6.45, 7) is 4.68. The van der Waals surface area contributed by atoms with Crippen molar-refractivity contribution in [3.8, 4) is 33.8 Å². The minimum Gasteiger partial charge on any atom is -0.228 e. The van der Waals surface area contributed by atoms with Crippen LogP contribution in [0, 0.1) is 0 Å². The Morgan fingerprint density at radius 2 is 1.26 bits per heavy atom. The Labute approximate surface area is 227 Å². The Morgan fingerprint density at radius 3 is 2.15 bits per heavy atom. The summed E-state index contributed by atoms with van der Waals surface area (Å²) in [5.41, 5.74) is 9.43. The molecule has 0 saturated carbocycles. The number of rotatable bonds is 2. The van der Waals surface area contributed by atoms with E-state index < -0.39 is 0 Å². The second-order valence-corrected chi connectivity index (χ2v) is 11.0. The Balaban J connectivity index is 1.41. The molecule has 0 spiro atoms.